The quantitative estimate of drug-likeness (QED) is 0.916. The molecule has 0 fully saturated rings. The maximum Gasteiger partial charge on any atom is 0.274 e. The highest BCUT2D eigenvalue weighted by Crippen LogP contribution is 2.16. The van der Waals surface area contributed by atoms with Crippen molar-refractivity contribution in [2.45, 2.75) is 13.8 Å². The van der Waals surface area contributed by atoms with E-state index in [4.69, 9.17) is 0 Å². The molecule has 4 heteroatoms. The first kappa shape index (κ1) is 13.1. The number of hydrogen-bond donors (Lipinski definition) is 1. The van der Waals surface area contributed by atoms with Gasteiger partial charge in [0.15, 0.2) is 0 Å². The maximum atomic E-state index is 12.4. The smallest absolute Gasteiger partial charge is 0.274 e. The van der Waals surface area contributed by atoms with Crippen molar-refractivity contribution < 1.29 is 4.79 Å². The Morgan fingerprint density at radius 3 is 2.42 bits per heavy atom. The molecule has 2 rings (SSSR count). The number of nitrogens with one attached hydrogen (secondary N) is 1. The molecule has 0 saturated carbocycles. The minimum Gasteiger partial charge on any atom is -0.318 e. The van der Waals surface area contributed by atoms with E-state index in [1.54, 1.807) is 17.0 Å². The second-order valence-electron chi connectivity index (χ2n) is 4.31. The Kier molecular flexibility index (Phi) is 3.80. The van der Waals surface area contributed by atoms with Gasteiger partial charge in [-0.15, -0.1) is 0 Å². The fourth-order valence-electron chi connectivity index (χ4n) is 1.89. The Balaban J connectivity index is 2.34. The first-order valence-corrected chi connectivity index (χ1v) is 6.19. The van der Waals surface area contributed by atoms with Gasteiger partial charge >= 0.3 is 0 Å². The summed E-state index contributed by atoms with van der Waals surface area (Å²) in [7, 11) is 0. The molecule has 0 atom stereocenters. The summed E-state index contributed by atoms with van der Waals surface area (Å²) in [6.07, 6.45) is 0. The fraction of sp³-hybridized carbons (Fsp3) is 0.200. The van der Waals surface area contributed by atoms with Crippen molar-refractivity contribution in [1.29, 1.82) is 0 Å². The number of aromatic nitrogens is 1. The van der Waals surface area contributed by atoms with Gasteiger partial charge in [-0.1, -0.05) is 23.8 Å². The molecular weight excluding hydrogens is 240 g/mol. The highest BCUT2D eigenvalue weighted by molar-refractivity contribution is 6.04. The zero-order chi connectivity index (χ0) is 13.8. The zero-order valence-electron chi connectivity index (χ0n) is 11.0. The molecule has 0 saturated heterocycles. The van der Waals surface area contributed by atoms with E-state index < -0.39 is 0 Å². The van der Waals surface area contributed by atoms with E-state index in [1.165, 1.54) is 6.07 Å². The van der Waals surface area contributed by atoms with Gasteiger partial charge in [0.1, 0.15) is 5.69 Å². The third kappa shape index (κ3) is 2.91. The normalized spacial score (nSPS) is 10.2. The van der Waals surface area contributed by atoms with Gasteiger partial charge in [-0.05, 0) is 32.0 Å². The summed E-state index contributed by atoms with van der Waals surface area (Å²) in [5, 5.41) is 0. The monoisotopic (exact) mass is 256 g/mol. The summed E-state index contributed by atoms with van der Waals surface area (Å²) >= 11 is 0. The topological polar surface area (TPSA) is 53.2 Å². The molecule has 0 aliphatic carbocycles. The lowest BCUT2D eigenvalue weighted by atomic mass is 10.2. The number of hydrogen-bond acceptors (Lipinski definition) is 2. The average molecular weight is 256 g/mol. The Bertz CT molecular complexity index is 629. The Morgan fingerprint density at radius 2 is 1.84 bits per heavy atom. The average Bonchev–Trinajstić information content (AvgIpc) is 2.41. The largest absolute Gasteiger partial charge is 0.318 e. The molecule has 1 amide bonds. The van der Waals surface area contributed by atoms with Crippen LogP contribution in [-0.4, -0.2) is 17.4 Å². The Morgan fingerprint density at radius 1 is 1.16 bits per heavy atom. The van der Waals surface area contributed by atoms with E-state index >= 15 is 0 Å². The molecule has 2 aromatic rings. The van der Waals surface area contributed by atoms with Crippen molar-refractivity contribution in [3.05, 3.63) is 64.1 Å². The van der Waals surface area contributed by atoms with E-state index in [-0.39, 0.29) is 11.5 Å². The standard InChI is InChI=1S/C15H16N2O2/c1-3-17(12-9-7-11(2)8-10-12)15(19)13-5-4-6-14(18)16-13/h4-10H,3H2,1-2H3,(H,16,18). The molecule has 0 aliphatic heterocycles. The lowest BCUT2D eigenvalue weighted by molar-refractivity contribution is 0.0983. The molecule has 1 aromatic carbocycles. The number of anilines is 1. The SMILES string of the molecule is CCN(C(=O)c1cccc(=O)[nH]1)c1ccc(C)cc1. The summed E-state index contributed by atoms with van der Waals surface area (Å²) in [4.78, 5) is 27.8. The van der Waals surface area contributed by atoms with Crippen LogP contribution in [-0.2, 0) is 0 Å². The Labute approximate surface area is 111 Å². The number of pyridine rings is 1. The number of carbonyl (C=O) groups excluding carboxylic acids is 1. The molecule has 0 radical (unpaired) electrons. The number of amides is 1. The van der Waals surface area contributed by atoms with Crippen LogP contribution in [0.2, 0.25) is 0 Å². The zero-order valence-corrected chi connectivity index (χ0v) is 11.0. The third-order valence-corrected chi connectivity index (χ3v) is 2.91. The molecule has 98 valence electrons. The van der Waals surface area contributed by atoms with Crippen LogP contribution in [0.25, 0.3) is 0 Å². The van der Waals surface area contributed by atoms with E-state index in [9.17, 15) is 9.59 Å². The molecule has 1 heterocycles. The third-order valence-electron chi connectivity index (χ3n) is 2.91. The van der Waals surface area contributed by atoms with Gasteiger partial charge in [0, 0.05) is 18.3 Å². The Hall–Kier alpha value is -2.36. The first-order chi connectivity index (χ1) is 9.11. The molecule has 19 heavy (non-hydrogen) atoms. The van der Waals surface area contributed by atoms with Gasteiger partial charge in [0.25, 0.3) is 5.91 Å². The molecule has 0 unspecified atom stereocenters. The highest BCUT2D eigenvalue weighted by atomic mass is 16.2. The molecular formula is C15H16N2O2. The summed E-state index contributed by atoms with van der Waals surface area (Å²) in [5.74, 6) is -0.205. The predicted molar refractivity (Wildman–Crippen MR) is 75.6 cm³/mol. The summed E-state index contributed by atoms with van der Waals surface area (Å²) in [6.45, 7) is 4.44. The summed E-state index contributed by atoms with van der Waals surface area (Å²) < 4.78 is 0. The molecule has 0 aliphatic rings. The number of aryl methyl sites for hydroxylation is 1. The lowest BCUT2D eigenvalue weighted by Gasteiger charge is -2.21. The number of aromatic amines is 1. The second kappa shape index (κ2) is 5.52. The van der Waals surface area contributed by atoms with Crippen molar-refractivity contribution in [3.63, 3.8) is 0 Å². The fourth-order valence-corrected chi connectivity index (χ4v) is 1.89. The van der Waals surface area contributed by atoms with Gasteiger partial charge < -0.3 is 9.88 Å². The molecule has 0 bridgehead atoms. The number of rotatable bonds is 3. The summed E-state index contributed by atoms with van der Waals surface area (Å²) in [6, 6.07) is 12.3. The van der Waals surface area contributed by atoms with E-state index in [1.807, 2.05) is 38.1 Å². The van der Waals surface area contributed by atoms with Crippen LogP contribution < -0.4 is 10.5 Å². The minimum absolute atomic E-state index is 0.205. The maximum absolute atomic E-state index is 12.4. The van der Waals surface area contributed by atoms with E-state index in [0.29, 0.717) is 12.2 Å². The van der Waals surface area contributed by atoms with E-state index in [0.717, 1.165) is 11.3 Å². The second-order valence-corrected chi connectivity index (χ2v) is 4.31. The van der Waals surface area contributed by atoms with Crippen molar-refractivity contribution in [3.8, 4) is 0 Å². The number of benzene rings is 1. The number of H-pyrrole nitrogens is 1. The van der Waals surface area contributed by atoms with Crippen LogP contribution in [0, 0.1) is 6.92 Å². The van der Waals surface area contributed by atoms with Gasteiger partial charge in [-0.2, -0.15) is 0 Å². The predicted octanol–water partition coefficient (Wildman–Crippen LogP) is 2.35. The van der Waals surface area contributed by atoms with Gasteiger partial charge in [0.05, 0.1) is 0 Å². The van der Waals surface area contributed by atoms with Crippen LogP contribution in [0.15, 0.2) is 47.3 Å². The number of nitrogens with zero attached hydrogens (tertiary/aromatic N) is 1. The van der Waals surface area contributed by atoms with Gasteiger partial charge in [0.2, 0.25) is 5.56 Å². The molecule has 1 N–H and O–H groups in total. The van der Waals surface area contributed by atoms with Crippen LogP contribution in [0.5, 0.6) is 0 Å². The van der Waals surface area contributed by atoms with Crippen molar-refractivity contribution in [2.24, 2.45) is 0 Å². The van der Waals surface area contributed by atoms with E-state index in [2.05, 4.69) is 4.98 Å². The van der Waals surface area contributed by atoms with Crippen molar-refractivity contribution in [1.82, 2.24) is 4.98 Å². The van der Waals surface area contributed by atoms with Crippen LogP contribution >= 0.6 is 0 Å². The highest BCUT2D eigenvalue weighted by Gasteiger charge is 2.16. The van der Waals surface area contributed by atoms with Crippen LogP contribution in [0.4, 0.5) is 5.69 Å². The van der Waals surface area contributed by atoms with Gasteiger partial charge in [-0.25, -0.2) is 0 Å². The van der Waals surface area contributed by atoms with Crippen LogP contribution in [0.3, 0.4) is 0 Å². The van der Waals surface area contributed by atoms with Gasteiger partial charge in [-0.3, -0.25) is 9.59 Å². The summed E-state index contributed by atoms with van der Waals surface area (Å²) in [5.41, 5.74) is 1.99. The number of carbonyl (C=O) groups is 1. The molecule has 0 spiro atoms. The first-order valence-electron chi connectivity index (χ1n) is 6.19. The lowest BCUT2D eigenvalue weighted by Crippen LogP contribution is -2.32. The van der Waals surface area contributed by atoms with Crippen molar-refractivity contribution in [2.75, 3.05) is 11.4 Å². The van der Waals surface area contributed by atoms with Crippen LogP contribution in [0.1, 0.15) is 23.0 Å². The molecule has 4 nitrogen and oxygen atoms in total. The minimum atomic E-state index is -0.272. The molecule has 1 aromatic heterocycles. The van der Waals surface area contributed by atoms with Crippen molar-refractivity contribution >= 4 is 11.6 Å².